The lowest BCUT2D eigenvalue weighted by Gasteiger charge is -2.34. The molecule has 3 rings (SSSR count). The Morgan fingerprint density at radius 2 is 2.08 bits per heavy atom. The van der Waals surface area contributed by atoms with Gasteiger partial charge in [0.15, 0.2) is 0 Å². The molecule has 0 N–H and O–H groups in total. The fourth-order valence-corrected chi connectivity index (χ4v) is 3.96. The molecule has 1 aliphatic heterocycles. The molecule has 1 atom stereocenters. The molecule has 0 spiro atoms. The molecular weight excluding hydrogens is 344 g/mol. The van der Waals surface area contributed by atoms with Crippen molar-refractivity contribution < 1.29 is 4.79 Å². The third-order valence-corrected chi connectivity index (χ3v) is 5.21. The Kier molecular flexibility index (Phi) is 5.98. The third-order valence-electron chi connectivity index (χ3n) is 4.98. The molecule has 1 amide bonds. The van der Waals surface area contributed by atoms with Crippen molar-refractivity contribution in [3.63, 3.8) is 0 Å². The highest BCUT2D eigenvalue weighted by atomic mass is 35.5. The molecule has 2 heterocycles. The van der Waals surface area contributed by atoms with Crippen LogP contribution in [0.1, 0.15) is 55.1 Å². The Bertz CT molecular complexity index is 787. The molecule has 1 aliphatic rings. The molecule has 0 unspecified atom stereocenters. The fraction of sp³-hybridized carbons (Fsp3) is 0.455. The largest absolute Gasteiger partial charge is 0.342 e. The number of hydrogen-bond donors (Lipinski definition) is 0. The number of carbonyl (C=O) groups excluding carboxylic acids is 1. The van der Waals surface area contributed by atoms with E-state index in [1.165, 1.54) is 11.1 Å². The first-order valence-corrected chi connectivity index (χ1v) is 9.81. The standard InChI is InChI=1S/C22H27ClN2O/c1-15(2)22(26)25-9-5-7-19(14-25)21-13-18(10-16(3)24-21)11-17-6-4-8-20(23)12-17/h4,6,8,10,12-13,15,19H,5,7,9,11,14H2,1-3H3/t19-/m1/s1. The number of hydrogen-bond acceptors (Lipinski definition) is 2. The van der Waals surface area contributed by atoms with E-state index in [0.717, 1.165) is 48.8 Å². The summed E-state index contributed by atoms with van der Waals surface area (Å²) < 4.78 is 0. The highest BCUT2D eigenvalue weighted by molar-refractivity contribution is 6.30. The number of pyridine rings is 1. The number of amides is 1. The van der Waals surface area contributed by atoms with Crippen LogP contribution in [0.2, 0.25) is 5.02 Å². The second kappa shape index (κ2) is 8.22. The van der Waals surface area contributed by atoms with Crippen LogP contribution in [0.5, 0.6) is 0 Å². The van der Waals surface area contributed by atoms with Crippen molar-refractivity contribution in [2.75, 3.05) is 13.1 Å². The maximum Gasteiger partial charge on any atom is 0.225 e. The van der Waals surface area contributed by atoms with Crippen molar-refractivity contribution in [1.82, 2.24) is 9.88 Å². The van der Waals surface area contributed by atoms with E-state index in [2.05, 4.69) is 18.2 Å². The van der Waals surface area contributed by atoms with Crippen LogP contribution in [0.15, 0.2) is 36.4 Å². The quantitative estimate of drug-likeness (QED) is 0.759. The summed E-state index contributed by atoms with van der Waals surface area (Å²) in [6.45, 7) is 7.64. The average Bonchev–Trinajstić information content (AvgIpc) is 2.60. The first-order valence-electron chi connectivity index (χ1n) is 9.43. The summed E-state index contributed by atoms with van der Waals surface area (Å²) in [5.41, 5.74) is 4.60. The van der Waals surface area contributed by atoms with Gasteiger partial charge in [-0.05, 0) is 61.6 Å². The fourth-order valence-electron chi connectivity index (χ4n) is 3.75. The summed E-state index contributed by atoms with van der Waals surface area (Å²) in [6, 6.07) is 12.4. The number of nitrogens with zero attached hydrogens (tertiary/aromatic N) is 2. The molecule has 1 aromatic heterocycles. The third kappa shape index (κ3) is 4.64. The van der Waals surface area contributed by atoms with Crippen LogP contribution in [0.3, 0.4) is 0 Å². The van der Waals surface area contributed by atoms with E-state index in [1.54, 1.807) is 0 Å². The van der Waals surface area contributed by atoms with Gasteiger partial charge in [-0.1, -0.05) is 37.6 Å². The van der Waals surface area contributed by atoms with Crippen LogP contribution in [-0.2, 0) is 11.2 Å². The van der Waals surface area contributed by atoms with Crippen LogP contribution in [0.4, 0.5) is 0 Å². The van der Waals surface area contributed by atoms with Gasteiger partial charge in [0.25, 0.3) is 0 Å². The molecule has 1 saturated heterocycles. The minimum absolute atomic E-state index is 0.0533. The maximum atomic E-state index is 12.4. The highest BCUT2D eigenvalue weighted by Gasteiger charge is 2.27. The van der Waals surface area contributed by atoms with E-state index >= 15 is 0 Å². The van der Waals surface area contributed by atoms with Gasteiger partial charge in [0.05, 0.1) is 0 Å². The lowest BCUT2D eigenvalue weighted by Crippen LogP contribution is -2.41. The predicted octanol–water partition coefficient (Wildman–Crippen LogP) is 5.00. The normalized spacial score (nSPS) is 17.6. The van der Waals surface area contributed by atoms with Gasteiger partial charge in [0.2, 0.25) is 5.91 Å². The van der Waals surface area contributed by atoms with Gasteiger partial charge in [-0.25, -0.2) is 0 Å². The summed E-state index contributed by atoms with van der Waals surface area (Å²) in [5.74, 6) is 0.628. The number of likely N-dealkylation sites (tertiary alicyclic amines) is 1. The molecule has 138 valence electrons. The number of aryl methyl sites for hydroxylation is 1. The molecule has 26 heavy (non-hydrogen) atoms. The molecule has 0 saturated carbocycles. The molecule has 1 fully saturated rings. The number of aromatic nitrogens is 1. The zero-order chi connectivity index (χ0) is 18.7. The highest BCUT2D eigenvalue weighted by Crippen LogP contribution is 2.28. The monoisotopic (exact) mass is 370 g/mol. The predicted molar refractivity (Wildman–Crippen MR) is 107 cm³/mol. The first kappa shape index (κ1) is 18.9. The van der Waals surface area contributed by atoms with Crippen molar-refractivity contribution in [3.8, 4) is 0 Å². The Morgan fingerprint density at radius 3 is 2.81 bits per heavy atom. The number of piperidine rings is 1. The van der Waals surface area contributed by atoms with Gasteiger partial charge in [-0.2, -0.15) is 0 Å². The van der Waals surface area contributed by atoms with E-state index in [9.17, 15) is 4.79 Å². The maximum absolute atomic E-state index is 12.4. The molecular formula is C22H27ClN2O. The lowest BCUT2D eigenvalue weighted by atomic mass is 9.91. The average molecular weight is 371 g/mol. The summed E-state index contributed by atoms with van der Waals surface area (Å²) in [6.07, 6.45) is 2.98. The first-order chi connectivity index (χ1) is 12.4. The summed E-state index contributed by atoms with van der Waals surface area (Å²) >= 11 is 6.12. The topological polar surface area (TPSA) is 33.2 Å². The minimum Gasteiger partial charge on any atom is -0.342 e. The molecule has 4 heteroatoms. The van der Waals surface area contributed by atoms with E-state index in [-0.39, 0.29) is 11.8 Å². The lowest BCUT2D eigenvalue weighted by molar-refractivity contribution is -0.135. The molecule has 2 aromatic rings. The minimum atomic E-state index is 0.0533. The van der Waals surface area contributed by atoms with Crippen molar-refractivity contribution in [1.29, 1.82) is 0 Å². The van der Waals surface area contributed by atoms with Gasteiger partial charge in [-0.3, -0.25) is 9.78 Å². The smallest absolute Gasteiger partial charge is 0.225 e. The van der Waals surface area contributed by atoms with E-state index < -0.39 is 0 Å². The zero-order valence-corrected chi connectivity index (χ0v) is 16.6. The Hall–Kier alpha value is -1.87. The Morgan fingerprint density at radius 1 is 1.27 bits per heavy atom. The van der Waals surface area contributed by atoms with E-state index in [4.69, 9.17) is 16.6 Å². The molecule has 3 nitrogen and oxygen atoms in total. The van der Waals surface area contributed by atoms with E-state index in [1.807, 2.05) is 43.9 Å². The van der Waals surface area contributed by atoms with Crippen LogP contribution in [0.25, 0.3) is 0 Å². The SMILES string of the molecule is Cc1cc(Cc2cccc(Cl)c2)cc([C@@H]2CCCN(C(=O)C(C)C)C2)n1. The Labute approximate surface area is 161 Å². The van der Waals surface area contributed by atoms with Crippen LogP contribution >= 0.6 is 11.6 Å². The van der Waals surface area contributed by atoms with Gasteiger partial charge >= 0.3 is 0 Å². The van der Waals surface area contributed by atoms with Crippen molar-refractivity contribution in [2.24, 2.45) is 5.92 Å². The number of benzene rings is 1. The number of halogens is 1. The Balaban J connectivity index is 1.79. The summed E-state index contributed by atoms with van der Waals surface area (Å²) in [5, 5.41) is 0.767. The number of rotatable bonds is 4. The van der Waals surface area contributed by atoms with Gasteiger partial charge in [0, 0.05) is 41.3 Å². The number of carbonyl (C=O) groups is 1. The van der Waals surface area contributed by atoms with Crippen LogP contribution in [0, 0.1) is 12.8 Å². The second-order valence-electron chi connectivity index (χ2n) is 7.63. The van der Waals surface area contributed by atoms with Crippen LogP contribution < -0.4 is 0 Å². The van der Waals surface area contributed by atoms with Crippen LogP contribution in [-0.4, -0.2) is 28.9 Å². The summed E-state index contributed by atoms with van der Waals surface area (Å²) in [4.78, 5) is 19.2. The zero-order valence-electron chi connectivity index (χ0n) is 15.8. The molecule has 0 radical (unpaired) electrons. The summed E-state index contributed by atoms with van der Waals surface area (Å²) in [7, 11) is 0. The van der Waals surface area contributed by atoms with Crippen molar-refractivity contribution in [3.05, 3.63) is 63.9 Å². The second-order valence-corrected chi connectivity index (χ2v) is 8.06. The molecule has 0 bridgehead atoms. The van der Waals surface area contributed by atoms with Gasteiger partial charge < -0.3 is 4.90 Å². The van der Waals surface area contributed by atoms with Crippen molar-refractivity contribution >= 4 is 17.5 Å². The van der Waals surface area contributed by atoms with Gasteiger partial charge in [-0.15, -0.1) is 0 Å². The van der Waals surface area contributed by atoms with E-state index in [0.29, 0.717) is 5.92 Å². The van der Waals surface area contributed by atoms with Gasteiger partial charge in [0.1, 0.15) is 0 Å². The molecule has 1 aromatic carbocycles. The molecule has 0 aliphatic carbocycles. The van der Waals surface area contributed by atoms with Crippen molar-refractivity contribution in [2.45, 2.75) is 46.0 Å².